The molecule has 0 saturated heterocycles. The van der Waals surface area contributed by atoms with Crippen LogP contribution in [0.1, 0.15) is 0 Å². The van der Waals surface area contributed by atoms with Gasteiger partial charge in [-0.2, -0.15) is 0 Å². The van der Waals surface area contributed by atoms with Crippen molar-refractivity contribution < 1.29 is 17.7 Å². The molecule has 0 amide bonds. The van der Waals surface area contributed by atoms with E-state index in [9.17, 15) is 0 Å². The van der Waals surface area contributed by atoms with Gasteiger partial charge >= 0.3 is 9.05 Å². The van der Waals surface area contributed by atoms with Gasteiger partial charge in [0.15, 0.2) is 13.7 Å². The molecule has 0 fully saturated rings. The molecule has 0 aliphatic rings. The Labute approximate surface area is 248 Å². The zero-order valence-corrected chi connectivity index (χ0v) is 31.5. The first-order valence-electron chi connectivity index (χ1n) is 5.63. The van der Waals surface area contributed by atoms with E-state index in [4.69, 9.17) is 17.7 Å². The Hall–Kier alpha value is 5.82. The molecular formula is C8H8Br12O4Si. The smallest absolute Gasteiger partial charge is 0.324 e. The summed E-state index contributed by atoms with van der Waals surface area (Å²) in [4.78, 5) is 0. The van der Waals surface area contributed by atoms with Crippen molar-refractivity contribution in [2.24, 2.45) is 0 Å². The van der Waals surface area contributed by atoms with Crippen molar-refractivity contribution in [1.82, 2.24) is 0 Å². The number of rotatable bonds is 12. The molecule has 0 aliphatic carbocycles. The predicted octanol–water partition coefficient (Wildman–Crippen LogP) is 8.84. The van der Waals surface area contributed by atoms with Crippen LogP contribution in [0.3, 0.4) is 0 Å². The van der Waals surface area contributed by atoms with Crippen LogP contribution in [0, 0.1) is 0 Å². The number of halogens is 12. The highest BCUT2D eigenvalue weighted by molar-refractivity contribution is 9.27. The summed E-state index contributed by atoms with van der Waals surface area (Å²) in [5.74, 6) is 0. The fourth-order valence-corrected chi connectivity index (χ4v) is 9.03. The van der Waals surface area contributed by atoms with Crippen LogP contribution in [0.4, 0.5) is 0 Å². The third-order valence-corrected chi connectivity index (χ3v) is 19.2. The van der Waals surface area contributed by atoms with Crippen LogP contribution in [0.2, 0.25) is 0 Å². The third kappa shape index (κ3) is 13.2. The quantitative estimate of drug-likeness (QED) is 0.145. The molecule has 4 nitrogen and oxygen atoms in total. The molecule has 0 aromatic rings. The van der Waals surface area contributed by atoms with Gasteiger partial charge < -0.3 is 17.7 Å². The van der Waals surface area contributed by atoms with E-state index in [1.165, 1.54) is 0 Å². The predicted molar refractivity (Wildman–Crippen MR) is 148 cm³/mol. The Kier molecular flexibility index (Phi) is 15.9. The second kappa shape index (κ2) is 12.9. The van der Waals surface area contributed by atoms with Gasteiger partial charge in [0, 0.05) is 0 Å². The highest BCUT2D eigenvalue weighted by atomic mass is 79.9. The fraction of sp³-hybridized carbons (Fsp3) is 1.00. The van der Waals surface area contributed by atoms with E-state index in [-0.39, 0.29) is 0 Å². The number of hydrogen-bond donors (Lipinski definition) is 0. The number of hydrogen-bond acceptors (Lipinski definition) is 4. The van der Waals surface area contributed by atoms with Crippen LogP contribution in [-0.4, -0.2) is 44.0 Å². The highest BCUT2D eigenvalue weighted by Crippen LogP contribution is 2.47. The van der Waals surface area contributed by atoms with Gasteiger partial charge in [0.2, 0.25) is 0 Å². The molecule has 0 atom stereocenters. The number of alkyl halides is 12. The SMILES string of the molecule is BrCC(Br)(Br)O[Si](OC(Br)(Br)CBr)(OC(Br)(Br)CBr)OC(Br)(Br)CBr. The monoisotopic (exact) mass is 1140 g/mol. The van der Waals surface area contributed by atoms with Gasteiger partial charge in [0.05, 0.1) is 21.3 Å². The second-order valence-electron chi connectivity index (χ2n) is 3.99. The third-order valence-electron chi connectivity index (χ3n) is 1.72. The summed E-state index contributed by atoms with van der Waals surface area (Å²) in [5.41, 5.74) is 0. The molecule has 17 heteroatoms. The van der Waals surface area contributed by atoms with Crippen molar-refractivity contribution in [3.05, 3.63) is 0 Å². The van der Waals surface area contributed by atoms with E-state index >= 15 is 0 Å². The van der Waals surface area contributed by atoms with E-state index in [0.29, 0.717) is 21.3 Å². The fourth-order valence-electron chi connectivity index (χ4n) is 0.966. The molecule has 0 spiro atoms. The maximum Gasteiger partial charge on any atom is 0.686 e. The first kappa shape index (κ1) is 30.8. The summed E-state index contributed by atoms with van der Waals surface area (Å²) in [6.45, 7) is 0. The normalized spacial score (nSPS) is 14.9. The lowest BCUT2D eigenvalue weighted by Crippen LogP contribution is -2.60. The molecule has 0 heterocycles. The molecule has 0 saturated carbocycles. The van der Waals surface area contributed by atoms with Crippen LogP contribution in [0.15, 0.2) is 0 Å². The zero-order valence-electron chi connectivity index (χ0n) is 11.5. The highest BCUT2D eigenvalue weighted by Gasteiger charge is 2.61. The molecule has 0 N–H and O–H groups in total. The maximum absolute atomic E-state index is 6.10. The molecule has 0 aliphatic heterocycles. The van der Waals surface area contributed by atoms with E-state index in [2.05, 4.69) is 191 Å². The van der Waals surface area contributed by atoms with Crippen molar-refractivity contribution in [1.29, 1.82) is 0 Å². The second-order valence-corrected chi connectivity index (χ2v) is 22.6. The first-order chi connectivity index (χ1) is 11.1. The van der Waals surface area contributed by atoms with E-state index in [1.54, 1.807) is 0 Å². The van der Waals surface area contributed by atoms with E-state index < -0.39 is 22.7 Å². The van der Waals surface area contributed by atoms with E-state index in [0.717, 1.165) is 0 Å². The van der Waals surface area contributed by atoms with Gasteiger partial charge in [0.25, 0.3) is 0 Å². The van der Waals surface area contributed by atoms with Gasteiger partial charge in [-0.3, -0.25) is 0 Å². The zero-order chi connectivity index (χ0) is 20.2. The van der Waals surface area contributed by atoms with Crippen LogP contribution in [-0.2, 0) is 17.7 Å². The molecule has 0 unspecified atom stereocenters. The van der Waals surface area contributed by atoms with Crippen molar-refractivity contribution in [2.45, 2.75) is 13.7 Å². The Morgan fingerprint density at radius 3 is 0.720 bits per heavy atom. The minimum absolute atomic E-state index is 0.370. The Morgan fingerprint density at radius 1 is 0.440 bits per heavy atom. The minimum atomic E-state index is -3.92. The van der Waals surface area contributed by atoms with Crippen LogP contribution < -0.4 is 0 Å². The lowest BCUT2D eigenvalue weighted by Gasteiger charge is -2.41. The Bertz CT molecular complexity index is 344. The average molecular weight is 1160 g/mol. The van der Waals surface area contributed by atoms with Crippen molar-refractivity contribution in [3.8, 4) is 0 Å². The molecule has 0 rings (SSSR count). The van der Waals surface area contributed by atoms with Crippen LogP contribution in [0.5, 0.6) is 0 Å². The largest absolute Gasteiger partial charge is 0.686 e. The summed E-state index contributed by atoms with van der Waals surface area (Å²) in [6, 6.07) is 0. The maximum atomic E-state index is 6.10. The lowest BCUT2D eigenvalue weighted by atomic mass is 10.9. The molecule has 0 aromatic carbocycles. The lowest BCUT2D eigenvalue weighted by molar-refractivity contribution is -0.0564. The summed E-state index contributed by atoms with van der Waals surface area (Å²) < 4.78 is 20.4. The molecule has 152 valence electrons. The standard InChI is InChI=1S/C8H8Br12O4Si/c9-1-5(13,14)21-25(22-6(15,16)2-10,23-7(17,18)3-11)24-8(19,20)4-12/h1-4H2. The van der Waals surface area contributed by atoms with Crippen LogP contribution in [0.25, 0.3) is 0 Å². The van der Waals surface area contributed by atoms with Gasteiger partial charge in [-0.25, -0.2) is 0 Å². The van der Waals surface area contributed by atoms with E-state index in [1.807, 2.05) is 0 Å². The van der Waals surface area contributed by atoms with Gasteiger partial charge in [-0.15, -0.1) is 0 Å². The van der Waals surface area contributed by atoms with Gasteiger partial charge in [0.1, 0.15) is 0 Å². The minimum Gasteiger partial charge on any atom is -0.324 e. The van der Waals surface area contributed by atoms with Crippen molar-refractivity contribution in [2.75, 3.05) is 21.3 Å². The average Bonchev–Trinajstić information content (AvgIpc) is 2.45. The molecule has 0 bridgehead atoms. The first-order valence-corrected chi connectivity index (χ1v) is 18.1. The Morgan fingerprint density at radius 2 is 0.600 bits per heavy atom. The summed E-state index contributed by atoms with van der Waals surface area (Å²) in [7, 11) is -3.92. The van der Waals surface area contributed by atoms with Gasteiger partial charge in [-0.05, 0) is 127 Å². The summed E-state index contributed by atoms with van der Waals surface area (Å²) in [5, 5.41) is 1.48. The molecule has 25 heavy (non-hydrogen) atoms. The summed E-state index contributed by atoms with van der Waals surface area (Å²) >= 11 is 40.8. The van der Waals surface area contributed by atoms with Crippen molar-refractivity contribution in [3.63, 3.8) is 0 Å². The molecule has 0 aromatic heterocycles. The molecular weight excluding hydrogens is 1150 g/mol. The topological polar surface area (TPSA) is 36.9 Å². The van der Waals surface area contributed by atoms with Crippen molar-refractivity contribution >= 4 is 200 Å². The summed E-state index contributed by atoms with van der Waals surface area (Å²) in [6.07, 6.45) is 0. The van der Waals surface area contributed by atoms with Gasteiger partial charge in [-0.1, -0.05) is 63.7 Å². The van der Waals surface area contributed by atoms with Crippen LogP contribution >= 0.6 is 191 Å². The Balaban J connectivity index is 6.09. The molecule has 0 radical (unpaired) electrons.